The smallest absolute Gasteiger partial charge is 0.203 e. The number of hydrogen-bond acceptors (Lipinski definition) is 5. The number of ether oxygens (including phenoxy) is 3. The number of nitrogens with one attached hydrogen (secondary N) is 1. The lowest BCUT2D eigenvalue weighted by molar-refractivity contribution is 0.165. The molecular weight excluding hydrogens is 274 g/mol. The van der Waals surface area contributed by atoms with Crippen molar-refractivity contribution in [3.8, 4) is 17.2 Å². The fraction of sp³-hybridized carbons (Fsp3) is 0.600. The van der Waals surface area contributed by atoms with Gasteiger partial charge in [0.25, 0.3) is 0 Å². The van der Waals surface area contributed by atoms with Crippen LogP contribution < -0.4 is 19.5 Å². The molecule has 0 radical (unpaired) electrons. The quantitative estimate of drug-likeness (QED) is 0.902. The predicted molar refractivity (Wildman–Crippen MR) is 81.1 cm³/mol. The van der Waals surface area contributed by atoms with E-state index < -0.39 is 0 Å². The standard InChI is InChI=1S/C15H21NO3S/c1-17-13-6-12(7-14-15(13)19-4-3-18-14)9-16-8-11-2-5-20-10-11/h6-7,11,16H,2-5,8-10H2,1H3. The molecule has 2 aliphatic rings. The Kier molecular flexibility index (Phi) is 4.58. The van der Waals surface area contributed by atoms with Crippen LogP contribution in [0.4, 0.5) is 0 Å². The zero-order valence-electron chi connectivity index (χ0n) is 11.8. The Hall–Kier alpha value is -1.07. The van der Waals surface area contributed by atoms with E-state index in [0.29, 0.717) is 13.2 Å². The topological polar surface area (TPSA) is 39.7 Å². The molecule has 2 heterocycles. The molecule has 1 fully saturated rings. The summed E-state index contributed by atoms with van der Waals surface area (Å²) in [5.41, 5.74) is 1.18. The Morgan fingerprint density at radius 1 is 1.35 bits per heavy atom. The van der Waals surface area contributed by atoms with Crippen molar-refractivity contribution < 1.29 is 14.2 Å². The summed E-state index contributed by atoms with van der Waals surface area (Å²) in [6.07, 6.45) is 1.34. The maximum Gasteiger partial charge on any atom is 0.203 e. The average molecular weight is 295 g/mol. The second-order valence-corrected chi connectivity index (χ2v) is 6.33. The molecular formula is C15H21NO3S. The third-order valence-corrected chi connectivity index (χ3v) is 4.91. The molecule has 0 aromatic heterocycles. The van der Waals surface area contributed by atoms with Gasteiger partial charge in [-0.2, -0.15) is 11.8 Å². The highest BCUT2D eigenvalue weighted by molar-refractivity contribution is 7.99. The van der Waals surface area contributed by atoms with Crippen molar-refractivity contribution in [2.45, 2.75) is 13.0 Å². The van der Waals surface area contributed by atoms with Crippen LogP contribution in [0.25, 0.3) is 0 Å². The highest BCUT2D eigenvalue weighted by atomic mass is 32.2. The summed E-state index contributed by atoms with van der Waals surface area (Å²) >= 11 is 2.06. The number of benzene rings is 1. The highest BCUT2D eigenvalue weighted by Gasteiger charge is 2.19. The van der Waals surface area contributed by atoms with E-state index in [4.69, 9.17) is 14.2 Å². The van der Waals surface area contributed by atoms with Gasteiger partial charge in [0, 0.05) is 6.54 Å². The average Bonchev–Trinajstić information content (AvgIpc) is 2.99. The van der Waals surface area contributed by atoms with Crippen LogP contribution in [0.15, 0.2) is 12.1 Å². The van der Waals surface area contributed by atoms with E-state index in [1.54, 1.807) is 7.11 Å². The number of rotatable bonds is 5. The van der Waals surface area contributed by atoms with Gasteiger partial charge in [-0.25, -0.2) is 0 Å². The Bertz CT molecular complexity index is 443. The van der Waals surface area contributed by atoms with Gasteiger partial charge in [-0.3, -0.25) is 0 Å². The summed E-state index contributed by atoms with van der Waals surface area (Å²) in [6.45, 7) is 3.12. The first-order chi connectivity index (χ1) is 9.86. The molecule has 4 nitrogen and oxygen atoms in total. The summed E-state index contributed by atoms with van der Waals surface area (Å²) < 4.78 is 16.7. The SMILES string of the molecule is COc1cc(CNCC2CCSC2)cc2c1OCCO2. The van der Waals surface area contributed by atoms with Gasteiger partial charge in [0.15, 0.2) is 11.5 Å². The number of fused-ring (bicyclic) bond motifs is 1. The predicted octanol–water partition coefficient (Wildman–Crippen LogP) is 2.31. The molecule has 20 heavy (non-hydrogen) atoms. The van der Waals surface area contributed by atoms with Crippen LogP contribution in [0, 0.1) is 5.92 Å². The fourth-order valence-corrected chi connectivity index (χ4v) is 3.88. The van der Waals surface area contributed by atoms with E-state index in [2.05, 4.69) is 17.1 Å². The molecule has 1 saturated heterocycles. The third kappa shape index (κ3) is 3.15. The lowest BCUT2D eigenvalue weighted by Gasteiger charge is -2.21. The molecule has 3 rings (SSSR count). The Morgan fingerprint density at radius 3 is 3.05 bits per heavy atom. The zero-order valence-corrected chi connectivity index (χ0v) is 12.6. The lowest BCUT2D eigenvalue weighted by Crippen LogP contribution is -2.22. The van der Waals surface area contributed by atoms with Crippen LogP contribution in [0.3, 0.4) is 0 Å². The van der Waals surface area contributed by atoms with Crippen molar-refractivity contribution in [1.29, 1.82) is 0 Å². The minimum Gasteiger partial charge on any atom is -0.493 e. The van der Waals surface area contributed by atoms with Crippen molar-refractivity contribution >= 4 is 11.8 Å². The third-order valence-electron chi connectivity index (χ3n) is 3.67. The summed E-state index contributed by atoms with van der Waals surface area (Å²) in [5, 5.41) is 3.54. The van der Waals surface area contributed by atoms with E-state index >= 15 is 0 Å². The molecule has 0 amide bonds. The minimum absolute atomic E-state index is 0.584. The van der Waals surface area contributed by atoms with Gasteiger partial charge in [-0.15, -0.1) is 0 Å². The summed E-state index contributed by atoms with van der Waals surface area (Å²) in [4.78, 5) is 0. The van der Waals surface area contributed by atoms with E-state index in [0.717, 1.165) is 36.3 Å². The number of methoxy groups -OCH3 is 1. The minimum atomic E-state index is 0.584. The Morgan fingerprint density at radius 2 is 2.25 bits per heavy atom. The molecule has 1 aromatic carbocycles. The van der Waals surface area contributed by atoms with Gasteiger partial charge in [-0.1, -0.05) is 0 Å². The van der Waals surface area contributed by atoms with E-state index in [9.17, 15) is 0 Å². The fourth-order valence-electron chi connectivity index (χ4n) is 2.59. The van der Waals surface area contributed by atoms with Crippen LogP contribution in [-0.2, 0) is 6.54 Å². The summed E-state index contributed by atoms with van der Waals surface area (Å²) in [6, 6.07) is 4.08. The van der Waals surface area contributed by atoms with Gasteiger partial charge >= 0.3 is 0 Å². The van der Waals surface area contributed by atoms with Crippen molar-refractivity contribution in [3.63, 3.8) is 0 Å². The van der Waals surface area contributed by atoms with Crippen molar-refractivity contribution in [1.82, 2.24) is 5.32 Å². The molecule has 1 unspecified atom stereocenters. The molecule has 0 aliphatic carbocycles. The van der Waals surface area contributed by atoms with Gasteiger partial charge in [0.05, 0.1) is 7.11 Å². The molecule has 110 valence electrons. The van der Waals surface area contributed by atoms with Crippen LogP contribution >= 0.6 is 11.8 Å². The van der Waals surface area contributed by atoms with Crippen molar-refractivity contribution in [3.05, 3.63) is 17.7 Å². The molecule has 1 atom stereocenters. The van der Waals surface area contributed by atoms with Gasteiger partial charge in [-0.05, 0) is 48.1 Å². The van der Waals surface area contributed by atoms with Crippen molar-refractivity contribution in [2.75, 3.05) is 38.4 Å². The second-order valence-electron chi connectivity index (χ2n) is 5.18. The number of thioether (sulfide) groups is 1. The van der Waals surface area contributed by atoms with E-state index in [1.807, 2.05) is 12.1 Å². The first-order valence-corrected chi connectivity index (χ1v) is 8.27. The monoisotopic (exact) mass is 295 g/mol. The Labute approximate surface area is 124 Å². The van der Waals surface area contributed by atoms with Gasteiger partial charge in [0.2, 0.25) is 5.75 Å². The van der Waals surface area contributed by atoms with Gasteiger partial charge < -0.3 is 19.5 Å². The van der Waals surface area contributed by atoms with Gasteiger partial charge in [0.1, 0.15) is 13.2 Å². The second kappa shape index (κ2) is 6.59. The Balaban J connectivity index is 1.63. The molecule has 0 spiro atoms. The summed E-state index contributed by atoms with van der Waals surface area (Å²) in [5.74, 6) is 5.70. The lowest BCUT2D eigenvalue weighted by atomic mass is 10.1. The largest absolute Gasteiger partial charge is 0.493 e. The van der Waals surface area contributed by atoms with E-state index in [-0.39, 0.29) is 0 Å². The molecule has 0 bridgehead atoms. The first-order valence-electron chi connectivity index (χ1n) is 7.12. The first kappa shape index (κ1) is 13.9. The normalized spacial score (nSPS) is 20.9. The maximum absolute atomic E-state index is 5.65. The zero-order chi connectivity index (χ0) is 13.8. The van der Waals surface area contributed by atoms with E-state index in [1.165, 1.54) is 23.5 Å². The highest BCUT2D eigenvalue weighted by Crippen LogP contribution is 2.40. The molecule has 0 saturated carbocycles. The molecule has 1 N–H and O–H groups in total. The molecule has 1 aromatic rings. The van der Waals surface area contributed by atoms with Crippen LogP contribution in [0.5, 0.6) is 17.2 Å². The van der Waals surface area contributed by atoms with Crippen LogP contribution in [0.1, 0.15) is 12.0 Å². The van der Waals surface area contributed by atoms with Crippen molar-refractivity contribution in [2.24, 2.45) is 5.92 Å². The number of hydrogen-bond donors (Lipinski definition) is 1. The maximum atomic E-state index is 5.65. The molecule has 5 heteroatoms. The molecule has 2 aliphatic heterocycles. The van der Waals surface area contributed by atoms with Crippen LogP contribution in [-0.4, -0.2) is 38.4 Å². The summed E-state index contributed by atoms with van der Waals surface area (Å²) in [7, 11) is 1.67. The van der Waals surface area contributed by atoms with Crippen LogP contribution in [0.2, 0.25) is 0 Å².